The van der Waals surface area contributed by atoms with Crippen LogP contribution in [0.4, 0.5) is 5.69 Å². The molecular formula is C15H18N2O3. The zero-order chi connectivity index (χ0) is 14.1. The van der Waals surface area contributed by atoms with Crippen LogP contribution in [0.3, 0.4) is 0 Å². The smallest absolute Gasteiger partial charge is 0.251 e. The molecule has 106 valence electrons. The molecule has 1 saturated carbocycles. The minimum Gasteiger partial charge on any atom is -0.391 e. The molecule has 3 rings (SSSR count). The molecule has 5 heteroatoms. The second-order valence-corrected chi connectivity index (χ2v) is 5.53. The predicted octanol–water partition coefficient (Wildman–Crippen LogP) is 1.21. The lowest BCUT2D eigenvalue weighted by atomic mass is 9.92. The van der Waals surface area contributed by atoms with Gasteiger partial charge in [0.2, 0.25) is 5.91 Å². The molecule has 0 aromatic heterocycles. The van der Waals surface area contributed by atoms with Crippen molar-refractivity contribution in [2.45, 2.75) is 44.2 Å². The van der Waals surface area contributed by atoms with E-state index in [0.29, 0.717) is 12.0 Å². The lowest BCUT2D eigenvalue weighted by Gasteiger charge is -2.28. The van der Waals surface area contributed by atoms with E-state index < -0.39 is 6.10 Å². The maximum atomic E-state index is 12.2. The van der Waals surface area contributed by atoms with E-state index in [-0.39, 0.29) is 17.9 Å². The van der Waals surface area contributed by atoms with Crippen LogP contribution in [0.1, 0.15) is 41.6 Å². The highest BCUT2D eigenvalue weighted by atomic mass is 16.3. The van der Waals surface area contributed by atoms with Gasteiger partial charge in [0.15, 0.2) is 0 Å². The molecule has 5 nitrogen and oxygen atoms in total. The number of hydrogen-bond donors (Lipinski definition) is 3. The van der Waals surface area contributed by atoms with Gasteiger partial charge in [-0.3, -0.25) is 9.59 Å². The molecule has 2 atom stereocenters. The highest BCUT2D eigenvalue weighted by Crippen LogP contribution is 2.24. The molecule has 1 aromatic carbocycles. The molecule has 1 aliphatic heterocycles. The Hall–Kier alpha value is -1.88. The van der Waals surface area contributed by atoms with Gasteiger partial charge in [-0.05, 0) is 36.6 Å². The van der Waals surface area contributed by atoms with E-state index in [2.05, 4.69) is 10.6 Å². The number of carbonyl (C=O) groups excluding carboxylic acids is 2. The number of rotatable bonds is 2. The summed E-state index contributed by atoms with van der Waals surface area (Å²) in [5.74, 6) is -0.224. The molecule has 20 heavy (non-hydrogen) atoms. The van der Waals surface area contributed by atoms with Crippen LogP contribution < -0.4 is 10.6 Å². The van der Waals surface area contributed by atoms with Crippen molar-refractivity contribution >= 4 is 17.5 Å². The quantitative estimate of drug-likeness (QED) is 0.758. The summed E-state index contributed by atoms with van der Waals surface area (Å²) < 4.78 is 0. The Labute approximate surface area is 117 Å². The Kier molecular flexibility index (Phi) is 3.44. The molecule has 2 unspecified atom stereocenters. The van der Waals surface area contributed by atoms with Crippen LogP contribution >= 0.6 is 0 Å². The summed E-state index contributed by atoms with van der Waals surface area (Å²) in [5.41, 5.74) is 2.18. The first-order chi connectivity index (χ1) is 9.63. The summed E-state index contributed by atoms with van der Waals surface area (Å²) in [7, 11) is 0. The first kappa shape index (κ1) is 13.1. The van der Waals surface area contributed by atoms with Gasteiger partial charge in [0.25, 0.3) is 5.91 Å². The number of hydrogen-bond acceptors (Lipinski definition) is 3. The lowest BCUT2D eigenvalue weighted by molar-refractivity contribution is -0.115. The monoisotopic (exact) mass is 274 g/mol. The second-order valence-electron chi connectivity index (χ2n) is 5.53. The van der Waals surface area contributed by atoms with Crippen LogP contribution in [0.2, 0.25) is 0 Å². The number of nitrogens with one attached hydrogen (secondary N) is 2. The fourth-order valence-electron chi connectivity index (χ4n) is 2.90. The standard InChI is InChI=1S/C15H18N2O3/c18-13-4-2-1-3-12(13)17-15(20)9-5-6-11-10(7-9)8-14(19)16-11/h5-7,12-13,18H,1-4,8H2,(H,16,19)(H,17,20). The Bertz CT molecular complexity index is 556. The molecule has 2 amide bonds. The van der Waals surface area contributed by atoms with E-state index in [4.69, 9.17) is 0 Å². The molecule has 0 radical (unpaired) electrons. The van der Waals surface area contributed by atoms with Crippen LogP contribution in [-0.4, -0.2) is 29.1 Å². The molecule has 3 N–H and O–H groups in total. The number of anilines is 1. The van der Waals surface area contributed by atoms with Gasteiger partial charge >= 0.3 is 0 Å². The van der Waals surface area contributed by atoms with Crippen LogP contribution in [0.15, 0.2) is 18.2 Å². The van der Waals surface area contributed by atoms with Crippen molar-refractivity contribution in [3.05, 3.63) is 29.3 Å². The third-order valence-electron chi connectivity index (χ3n) is 4.04. The normalized spacial score (nSPS) is 24.9. The van der Waals surface area contributed by atoms with Gasteiger partial charge in [0.05, 0.1) is 18.6 Å². The minimum absolute atomic E-state index is 0.0414. The van der Waals surface area contributed by atoms with Crippen molar-refractivity contribution in [1.29, 1.82) is 0 Å². The first-order valence-electron chi connectivity index (χ1n) is 7.05. The number of aliphatic hydroxyl groups excluding tert-OH is 1. The fourth-order valence-corrected chi connectivity index (χ4v) is 2.90. The van der Waals surface area contributed by atoms with E-state index in [0.717, 1.165) is 36.9 Å². The first-order valence-corrected chi connectivity index (χ1v) is 7.05. The van der Waals surface area contributed by atoms with Crippen molar-refractivity contribution < 1.29 is 14.7 Å². The maximum Gasteiger partial charge on any atom is 0.251 e. The summed E-state index contributed by atoms with van der Waals surface area (Å²) in [6, 6.07) is 5.04. The van der Waals surface area contributed by atoms with Gasteiger partial charge in [-0.15, -0.1) is 0 Å². The zero-order valence-corrected chi connectivity index (χ0v) is 11.2. The van der Waals surface area contributed by atoms with E-state index in [1.54, 1.807) is 18.2 Å². The van der Waals surface area contributed by atoms with Crippen molar-refractivity contribution in [3.63, 3.8) is 0 Å². The van der Waals surface area contributed by atoms with Gasteiger partial charge in [-0.25, -0.2) is 0 Å². The third-order valence-corrected chi connectivity index (χ3v) is 4.04. The van der Waals surface area contributed by atoms with E-state index >= 15 is 0 Å². The Balaban J connectivity index is 1.71. The average molecular weight is 274 g/mol. The number of amides is 2. The van der Waals surface area contributed by atoms with Crippen LogP contribution in [0, 0.1) is 0 Å². The van der Waals surface area contributed by atoms with Crippen molar-refractivity contribution in [2.24, 2.45) is 0 Å². The summed E-state index contributed by atoms with van der Waals surface area (Å²) in [4.78, 5) is 23.5. The molecule has 1 heterocycles. The molecule has 0 bridgehead atoms. The number of aliphatic hydroxyl groups is 1. The van der Waals surface area contributed by atoms with Gasteiger partial charge in [-0.2, -0.15) is 0 Å². The molecule has 0 saturated heterocycles. The van der Waals surface area contributed by atoms with E-state index in [1.165, 1.54) is 0 Å². The minimum atomic E-state index is -0.453. The van der Waals surface area contributed by atoms with Crippen LogP contribution in [0.25, 0.3) is 0 Å². The number of benzene rings is 1. The van der Waals surface area contributed by atoms with Crippen molar-refractivity contribution in [3.8, 4) is 0 Å². The summed E-state index contributed by atoms with van der Waals surface area (Å²) in [6.45, 7) is 0. The summed E-state index contributed by atoms with van der Waals surface area (Å²) >= 11 is 0. The largest absolute Gasteiger partial charge is 0.391 e. The Morgan fingerprint density at radius 3 is 2.90 bits per heavy atom. The van der Waals surface area contributed by atoms with Gasteiger partial charge < -0.3 is 15.7 Å². The predicted molar refractivity (Wildman–Crippen MR) is 74.5 cm³/mol. The van der Waals surface area contributed by atoms with Gasteiger partial charge in [0.1, 0.15) is 0 Å². The zero-order valence-electron chi connectivity index (χ0n) is 11.2. The topological polar surface area (TPSA) is 78.4 Å². The third kappa shape index (κ3) is 2.54. The summed E-state index contributed by atoms with van der Waals surface area (Å²) in [6.07, 6.45) is 3.48. The number of carbonyl (C=O) groups is 2. The summed E-state index contributed by atoms with van der Waals surface area (Å²) in [5, 5.41) is 15.5. The molecule has 0 spiro atoms. The van der Waals surface area contributed by atoms with Gasteiger partial charge in [-0.1, -0.05) is 12.8 Å². The van der Waals surface area contributed by atoms with Crippen molar-refractivity contribution in [1.82, 2.24) is 5.32 Å². The molecule has 1 aromatic rings. The molecule has 2 aliphatic rings. The highest BCUT2D eigenvalue weighted by molar-refractivity contribution is 6.01. The SMILES string of the molecule is O=C1Cc2cc(C(=O)NC3CCCCC3O)ccc2N1. The second kappa shape index (κ2) is 5.25. The number of fused-ring (bicyclic) bond motifs is 1. The Morgan fingerprint density at radius 1 is 1.30 bits per heavy atom. The fraction of sp³-hybridized carbons (Fsp3) is 0.467. The molecule has 1 fully saturated rings. The van der Waals surface area contributed by atoms with E-state index in [9.17, 15) is 14.7 Å². The Morgan fingerprint density at radius 2 is 2.10 bits per heavy atom. The van der Waals surface area contributed by atoms with Crippen molar-refractivity contribution in [2.75, 3.05) is 5.32 Å². The van der Waals surface area contributed by atoms with Crippen LogP contribution in [0.5, 0.6) is 0 Å². The average Bonchev–Trinajstić information content (AvgIpc) is 2.80. The lowest BCUT2D eigenvalue weighted by Crippen LogP contribution is -2.45. The van der Waals surface area contributed by atoms with Crippen LogP contribution in [-0.2, 0) is 11.2 Å². The van der Waals surface area contributed by atoms with E-state index in [1.807, 2.05) is 0 Å². The van der Waals surface area contributed by atoms with Gasteiger partial charge in [0, 0.05) is 11.3 Å². The maximum absolute atomic E-state index is 12.2. The molecule has 1 aliphatic carbocycles. The molecular weight excluding hydrogens is 256 g/mol. The highest BCUT2D eigenvalue weighted by Gasteiger charge is 2.25.